The molecule has 11 nitrogen and oxygen atoms in total. The number of hydrogen-bond acceptors (Lipinski definition) is 9. The van der Waals surface area contributed by atoms with E-state index in [0.29, 0.717) is 42.1 Å². The Kier molecular flexibility index (Phi) is 9.32. The summed E-state index contributed by atoms with van der Waals surface area (Å²) in [6, 6.07) is 18.5. The Balaban J connectivity index is 0.781. The molecule has 6 aliphatic rings. The lowest BCUT2D eigenvalue weighted by Gasteiger charge is -2.65. The smallest absolute Gasteiger partial charge is 0.262 e. The number of rotatable bonds is 6. The molecule has 4 aliphatic heterocycles. The van der Waals surface area contributed by atoms with Gasteiger partial charge >= 0.3 is 0 Å². The first-order chi connectivity index (χ1) is 28.1. The number of benzene rings is 3. The number of carbonyl (C=O) groups is 5. The third-order valence-electron chi connectivity index (χ3n) is 13.8. The number of imide groups is 1. The molecule has 9 rings (SSSR count). The summed E-state index contributed by atoms with van der Waals surface area (Å²) in [5.41, 5.74) is 5.07. The summed E-state index contributed by atoms with van der Waals surface area (Å²) in [7, 11) is 0. The first-order valence-corrected chi connectivity index (χ1v) is 20.8. The van der Waals surface area contributed by atoms with E-state index in [-0.39, 0.29) is 65.6 Å². The highest BCUT2D eigenvalue weighted by molar-refractivity contribution is 6.23. The van der Waals surface area contributed by atoms with Crippen molar-refractivity contribution in [3.05, 3.63) is 93.5 Å². The number of ether oxygens (including phenoxy) is 1. The van der Waals surface area contributed by atoms with Gasteiger partial charge in [-0.25, -0.2) is 0 Å². The van der Waals surface area contributed by atoms with Crippen LogP contribution in [-0.4, -0.2) is 94.4 Å². The zero-order valence-electron chi connectivity index (χ0n) is 34.3. The van der Waals surface area contributed by atoms with Crippen LogP contribution < -0.4 is 9.64 Å². The minimum Gasteiger partial charge on any atom is -0.489 e. The largest absolute Gasteiger partial charge is 0.489 e. The quantitative estimate of drug-likeness (QED) is 0.220. The number of ketones is 2. The molecule has 1 unspecified atom stereocenters. The van der Waals surface area contributed by atoms with Gasteiger partial charge in [0.2, 0.25) is 0 Å². The molecule has 0 bridgehead atoms. The fourth-order valence-electron chi connectivity index (χ4n) is 11.0. The summed E-state index contributed by atoms with van der Waals surface area (Å²) in [4.78, 5) is 73.3. The van der Waals surface area contributed by atoms with Crippen molar-refractivity contribution >= 4 is 35.0 Å². The lowest BCUT2D eigenvalue weighted by Crippen LogP contribution is -2.74. The fraction of sp³-hybridized carbons (Fsp3) is 0.458. The Morgan fingerprint density at radius 1 is 0.780 bits per heavy atom. The Morgan fingerprint density at radius 2 is 1.51 bits per heavy atom. The van der Waals surface area contributed by atoms with Crippen molar-refractivity contribution < 1.29 is 28.7 Å². The molecule has 59 heavy (non-hydrogen) atoms. The van der Waals surface area contributed by atoms with Gasteiger partial charge in [0, 0.05) is 97.6 Å². The summed E-state index contributed by atoms with van der Waals surface area (Å²) in [5, 5.41) is 9.34. The molecule has 2 aliphatic carbocycles. The predicted molar refractivity (Wildman–Crippen MR) is 220 cm³/mol. The molecular formula is C48H49N5O6. The third kappa shape index (κ3) is 6.42. The maximum atomic E-state index is 13.8. The normalized spacial score (nSPS) is 25.2. The van der Waals surface area contributed by atoms with E-state index >= 15 is 0 Å². The van der Waals surface area contributed by atoms with Crippen LogP contribution in [0.25, 0.3) is 0 Å². The highest BCUT2D eigenvalue weighted by atomic mass is 16.5. The number of nitrogens with zero attached hydrogens (tertiary/aromatic N) is 5. The van der Waals surface area contributed by atoms with Crippen molar-refractivity contribution in [2.75, 3.05) is 31.1 Å². The van der Waals surface area contributed by atoms with Crippen molar-refractivity contribution in [3.8, 4) is 23.7 Å². The van der Waals surface area contributed by atoms with Gasteiger partial charge in [0.25, 0.3) is 17.7 Å². The molecular weight excluding hydrogens is 743 g/mol. The first kappa shape index (κ1) is 38.7. The van der Waals surface area contributed by atoms with Crippen molar-refractivity contribution in [1.29, 1.82) is 5.26 Å². The van der Waals surface area contributed by atoms with E-state index in [0.717, 1.165) is 64.8 Å². The van der Waals surface area contributed by atoms with E-state index in [1.807, 2.05) is 42.2 Å². The van der Waals surface area contributed by atoms with Gasteiger partial charge < -0.3 is 14.5 Å². The second kappa shape index (κ2) is 14.2. The molecule has 4 fully saturated rings. The van der Waals surface area contributed by atoms with Gasteiger partial charge in [-0.05, 0) is 85.5 Å². The monoisotopic (exact) mass is 791 g/mol. The number of nitriles is 1. The van der Waals surface area contributed by atoms with Crippen LogP contribution in [0, 0.1) is 46.8 Å². The molecule has 2 saturated heterocycles. The van der Waals surface area contributed by atoms with Crippen LogP contribution in [0.4, 0.5) is 5.69 Å². The van der Waals surface area contributed by atoms with Gasteiger partial charge in [-0.15, -0.1) is 0 Å². The van der Waals surface area contributed by atoms with Gasteiger partial charge in [0.15, 0.2) is 5.78 Å². The van der Waals surface area contributed by atoms with Crippen molar-refractivity contribution in [1.82, 2.24) is 14.7 Å². The Morgan fingerprint density at radius 3 is 2.24 bits per heavy atom. The molecule has 302 valence electrons. The summed E-state index contributed by atoms with van der Waals surface area (Å²) in [6.07, 6.45) is 1.29. The van der Waals surface area contributed by atoms with Gasteiger partial charge in [0.1, 0.15) is 17.6 Å². The molecule has 3 aromatic carbocycles. The maximum absolute atomic E-state index is 13.8. The third-order valence-corrected chi connectivity index (χ3v) is 13.8. The summed E-state index contributed by atoms with van der Waals surface area (Å²) in [5.74, 6) is 6.89. The lowest BCUT2D eigenvalue weighted by molar-refractivity contribution is -0.199. The molecule has 1 atom stereocenters. The van der Waals surface area contributed by atoms with Crippen LogP contribution in [0.1, 0.15) is 113 Å². The lowest BCUT2D eigenvalue weighted by atomic mass is 9.49. The fourth-order valence-corrected chi connectivity index (χ4v) is 11.0. The zero-order chi connectivity index (χ0) is 41.5. The van der Waals surface area contributed by atoms with Crippen LogP contribution in [0.2, 0.25) is 0 Å². The second-order valence-corrected chi connectivity index (χ2v) is 18.5. The standard InChI is InChI=1S/C48H49N5O6/c1-28-19-36(15-12-31(28)22-49)59-46-47(2,3)45(48(46,4)5)52-25-32-20-29(11-16-37(32)42(52)56)9-10-30-23-50(24-30)34-26-51(27-34)33-13-17-38-39(21-33)44(58)53(43(38)57)40-18-14-35(54)7-6-8-41(40)55/h11-13,15-17,19-21,30,34,40,45-46H,6-8,14,18,23-27H2,1-5H3. The maximum Gasteiger partial charge on any atom is 0.262 e. The van der Waals surface area contributed by atoms with Crippen molar-refractivity contribution in [3.63, 3.8) is 0 Å². The number of hydrogen-bond donors (Lipinski definition) is 0. The van der Waals surface area contributed by atoms with E-state index in [9.17, 15) is 29.2 Å². The number of aryl methyl sites for hydroxylation is 1. The summed E-state index contributed by atoms with van der Waals surface area (Å²) >= 11 is 0. The average molecular weight is 792 g/mol. The van der Waals surface area contributed by atoms with Crippen LogP contribution in [0.5, 0.6) is 5.75 Å². The number of fused-ring (bicyclic) bond motifs is 2. The summed E-state index contributed by atoms with van der Waals surface area (Å²) < 4.78 is 6.55. The highest BCUT2D eigenvalue weighted by Crippen LogP contribution is 2.59. The molecule has 11 heteroatoms. The van der Waals surface area contributed by atoms with Crippen LogP contribution >= 0.6 is 0 Å². The minimum atomic E-state index is -0.886. The second-order valence-electron chi connectivity index (χ2n) is 18.5. The number of amides is 3. The predicted octanol–water partition coefficient (Wildman–Crippen LogP) is 5.94. The van der Waals surface area contributed by atoms with Gasteiger partial charge in [-0.3, -0.25) is 33.8 Å². The Bertz CT molecular complexity index is 2420. The molecule has 4 heterocycles. The van der Waals surface area contributed by atoms with Crippen LogP contribution in [0.3, 0.4) is 0 Å². The van der Waals surface area contributed by atoms with Crippen LogP contribution in [0.15, 0.2) is 54.6 Å². The molecule has 3 amide bonds. The number of carbonyl (C=O) groups excluding carboxylic acids is 5. The number of anilines is 1. The Hall–Kier alpha value is -5.78. The van der Waals surface area contributed by atoms with Crippen LogP contribution in [-0.2, 0) is 16.1 Å². The Labute approximate surface area is 345 Å². The molecule has 0 N–H and O–H groups in total. The van der Waals surface area contributed by atoms with E-state index in [4.69, 9.17) is 4.74 Å². The van der Waals surface area contributed by atoms with Gasteiger partial charge in [-0.1, -0.05) is 39.5 Å². The minimum absolute atomic E-state index is 0.0291. The van der Waals surface area contributed by atoms with Crippen molar-refractivity contribution in [2.24, 2.45) is 16.7 Å². The zero-order valence-corrected chi connectivity index (χ0v) is 34.3. The SMILES string of the molecule is Cc1cc(OC2C(C)(C)C(N3Cc4cc(C#CC5CN(C6CN(c7ccc8c(c7)C(=O)N(C7CCC(=O)CCCC7=O)C8=O)C6)C5)ccc4C3=O)C2(C)C)ccc1C#N. The van der Waals surface area contributed by atoms with Gasteiger partial charge in [0.05, 0.1) is 28.8 Å². The van der Waals surface area contributed by atoms with E-state index in [1.165, 1.54) is 0 Å². The topological polar surface area (TPSA) is 131 Å². The van der Waals surface area contributed by atoms with Crippen molar-refractivity contribution in [2.45, 2.75) is 97.5 Å². The molecule has 0 radical (unpaired) electrons. The average Bonchev–Trinajstić information content (AvgIpc) is 3.60. The first-order valence-electron chi connectivity index (χ1n) is 20.8. The number of likely N-dealkylation sites (tertiary alicyclic amines) is 1. The molecule has 0 aromatic heterocycles. The molecule has 0 spiro atoms. The van der Waals surface area contributed by atoms with E-state index in [1.54, 1.807) is 18.2 Å². The highest BCUT2D eigenvalue weighted by Gasteiger charge is 2.67. The van der Waals surface area contributed by atoms with E-state index in [2.05, 4.69) is 61.5 Å². The summed E-state index contributed by atoms with van der Waals surface area (Å²) in [6.45, 7) is 14.5. The molecule has 2 saturated carbocycles. The van der Waals surface area contributed by atoms with E-state index < -0.39 is 17.9 Å². The number of Topliss-reactive ketones (excluding diaryl/α,β-unsaturated/α-hetero) is 2. The molecule has 3 aromatic rings. The van der Waals surface area contributed by atoms with Gasteiger partial charge in [-0.2, -0.15) is 5.26 Å².